The number of benzene rings is 2. The van der Waals surface area contributed by atoms with Crippen molar-refractivity contribution in [3.8, 4) is 17.1 Å². The van der Waals surface area contributed by atoms with Gasteiger partial charge in [0, 0.05) is 18.4 Å². The lowest BCUT2D eigenvalue weighted by Gasteiger charge is -2.13. The third-order valence-corrected chi connectivity index (χ3v) is 4.21. The van der Waals surface area contributed by atoms with Gasteiger partial charge in [-0.2, -0.15) is 4.98 Å². The second-order valence-electron chi connectivity index (χ2n) is 6.31. The molecule has 0 aliphatic rings. The zero-order valence-electron chi connectivity index (χ0n) is 15.8. The Labute approximate surface area is 162 Å². The molecule has 146 valence electrons. The predicted molar refractivity (Wildman–Crippen MR) is 102 cm³/mol. The Bertz CT molecular complexity index is 907. The maximum Gasteiger partial charge on any atom is 0.227 e. The van der Waals surface area contributed by atoms with Crippen LogP contribution in [0.2, 0.25) is 0 Å². The number of nitrogens with zero attached hydrogens (tertiary/aromatic N) is 2. The Hall–Kier alpha value is -3.22. The molecule has 1 heterocycles. The first-order valence-corrected chi connectivity index (χ1v) is 9.16. The highest BCUT2D eigenvalue weighted by Gasteiger charge is 2.13. The van der Waals surface area contributed by atoms with Gasteiger partial charge >= 0.3 is 0 Å². The normalized spacial score (nSPS) is 11.8. The van der Waals surface area contributed by atoms with E-state index in [0.29, 0.717) is 24.7 Å². The van der Waals surface area contributed by atoms with Crippen molar-refractivity contribution in [2.24, 2.45) is 0 Å². The molecule has 1 unspecified atom stereocenters. The predicted octanol–water partition coefficient (Wildman–Crippen LogP) is 4.08. The number of carbonyl (C=O) groups is 1. The van der Waals surface area contributed by atoms with Crippen molar-refractivity contribution in [2.75, 3.05) is 6.61 Å². The summed E-state index contributed by atoms with van der Waals surface area (Å²) >= 11 is 0. The fourth-order valence-electron chi connectivity index (χ4n) is 2.71. The SMILES string of the molecule is CCOc1ccc(-c2noc(CCC(=O)NC(C)c3ccc(F)cc3)n2)cc1. The number of rotatable bonds is 8. The van der Waals surface area contributed by atoms with Gasteiger partial charge in [-0.05, 0) is 55.8 Å². The maximum atomic E-state index is 13.0. The number of carbonyl (C=O) groups excluding carboxylic acids is 1. The van der Waals surface area contributed by atoms with E-state index in [2.05, 4.69) is 15.5 Å². The highest BCUT2D eigenvalue weighted by molar-refractivity contribution is 5.76. The van der Waals surface area contributed by atoms with Crippen molar-refractivity contribution in [3.05, 3.63) is 65.8 Å². The van der Waals surface area contributed by atoms with Crippen molar-refractivity contribution in [1.82, 2.24) is 15.5 Å². The van der Waals surface area contributed by atoms with Gasteiger partial charge in [-0.3, -0.25) is 4.79 Å². The summed E-state index contributed by atoms with van der Waals surface area (Å²) in [6.45, 7) is 4.38. The molecule has 3 rings (SSSR count). The first-order valence-electron chi connectivity index (χ1n) is 9.16. The highest BCUT2D eigenvalue weighted by Crippen LogP contribution is 2.20. The number of amides is 1. The van der Waals surface area contributed by atoms with Crippen LogP contribution in [0.1, 0.15) is 37.8 Å². The summed E-state index contributed by atoms with van der Waals surface area (Å²) in [5.41, 5.74) is 1.65. The van der Waals surface area contributed by atoms with Crippen LogP contribution in [0.5, 0.6) is 5.75 Å². The molecular weight excluding hydrogens is 361 g/mol. The van der Waals surface area contributed by atoms with Gasteiger partial charge in [0.1, 0.15) is 11.6 Å². The average molecular weight is 383 g/mol. The highest BCUT2D eigenvalue weighted by atomic mass is 19.1. The van der Waals surface area contributed by atoms with Crippen LogP contribution >= 0.6 is 0 Å². The number of nitrogens with one attached hydrogen (secondary N) is 1. The van der Waals surface area contributed by atoms with Crippen LogP contribution in [-0.4, -0.2) is 22.7 Å². The van der Waals surface area contributed by atoms with Gasteiger partial charge < -0.3 is 14.6 Å². The quantitative estimate of drug-likeness (QED) is 0.634. The van der Waals surface area contributed by atoms with Gasteiger partial charge in [0.15, 0.2) is 0 Å². The molecule has 1 N–H and O–H groups in total. The molecule has 0 radical (unpaired) electrons. The first kappa shape index (κ1) is 19.5. The summed E-state index contributed by atoms with van der Waals surface area (Å²) in [5.74, 6) is 1.20. The Balaban J connectivity index is 1.52. The molecule has 0 bridgehead atoms. The largest absolute Gasteiger partial charge is 0.494 e. The van der Waals surface area contributed by atoms with Crippen molar-refractivity contribution < 1.29 is 18.4 Å². The van der Waals surface area contributed by atoms with E-state index in [1.165, 1.54) is 12.1 Å². The van der Waals surface area contributed by atoms with Gasteiger partial charge in [-0.15, -0.1) is 0 Å². The van der Waals surface area contributed by atoms with Crippen molar-refractivity contribution in [2.45, 2.75) is 32.7 Å². The minimum atomic E-state index is -0.304. The first-order chi connectivity index (χ1) is 13.5. The zero-order chi connectivity index (χ0) is 19.9. The number of hydrogen-bond acceptors (Lipinski definition) is 5. The molecule has 3 aromatic rings. The molecule has 1 aromatic heterocycles. The van der Waals surface area contributed by atoms with Crippen LogP contribution < -0.4 is 10.1 Å². The molecule has 7 heteroatoms. The molecule has 28 heavy (non-hydrogen) atoms. The van der Waals surface area contributed by atoms with Crippen LogP contribution in [0.25, 0.3) is 11.4 Å². The maximum absolute atomic E-state index is 13.0. The summed E-state index contributed by atoms with van der Waals surface area (Å²) in [5, 5.41) is 6.84. The number of hydrogen-bond donors (Lipinski definition) is 1. The summed E-state index contributed by atoms with van der Waals surface area (Å²) in [4.78, 5) is 16.5. The minimum Gasteiger partial charge on any atom is -0.494 e. The van der Waals surface area contributed by atoms with Crippen LogP contribution in [0.3, 0.4) is 0 Å². The lowest BCUT2D eigenvalue weighted by Crippen LogP contribution is -2.26. The topological polar surface area (TPSA) is 77.2 Å². The van der Waals surface area contributed by atoms with Gasteiger partial charge in [0.2, 0.25) is 17.6 Å². The van der Waals surface area contributed by atoms with Gasteiger partial charge in [-0.25, -0.2) is 4.39 Å². The van der Waals surface area contributed by atoms with Crippen LogP contribution in [0, 0.1) is 5.82 Å². The number of aryl methyl sites for hydroxylation is 1. The van der Waals surface area contributed by atoms with E-state index in [1.807, 2.05) is 38.1 Å². The molecular formula is C21H22FN3O3. The number of halogens is 1. The van der Waals surface area contributed by atoms with E-state index in [1.54, 1.807) is 12.1 Å². The van der Waals surface area contributed by atoms with Crippen molar-refractivity contribution in [3.63, 3.8) is 0 Å². The molecule has 0 saturated heterocycles. The fraction of sp³-hybridized carbons (Fsp3) is 0.286. The molecule has 0 aliphatic heterocycles. The Morgan fingerprint density at radius 1 is 1.18 bits per heavy atom. The second kappa shape index (κ2) is 9.12. The zero-order valence-corrected chi connectivity index (χ0v) is 15.8. The van der Waals surface area contributed by atoms with E-state index in [9.17, 15) is 9.18 Å². The third kappa shape index (κ3) is 5.16. The van der Waals surface area contributed by atoms with E-state index < -0.39 is 0 Å². The second-order valence-corrected chi connectivity index (χ2v) is 6.31. The monoisotopic (exact) mass is 383 g/mol. The van der Waals surface area contributed by atoms with Crippen LogP contribution in [-0.2, 0) is 11.2 Å². The third-order valence-electron chi connectivity index (χ3n) is 4.21. The van der Waals surface area contributed by atoms with Crippen LogP contribution in [0.4, 0.5) is 4.39 Å². The lowest BCUT2D eigenvalue weighted by atomic mass is 10.1. The van der Waals surface area contributed by atoms with Crippen molar-refractivity contribution in [1.29, 1.82) is 0 Å². The van der Waals surface area contributed by atoms with E-state index in [-0.39, 0.29) is 24.2 Å². The molecule has 0 aliphatic carbocycles. The average Bonchev–Trinajstić information content (AvgIpc) is 3.17. The fourth-order valence-corrected chi connectivity index (χ4v) is 2.71. The van der Waals surface area contributed by atoms with E-state index >= 15 is 0 Å². The van der Waals surface area contributed by atoms with Crippen LogP contribution in [0.15, 0.2) is 53.1 Å². The number of ether oxygens (including phenoxy) is 1. The van der Waals surface area contributed by atoms with Gasteiger partial charge in [0.25, 0.3) is 0 Å². The van der Waals surface area contributed by atoms with Gasteiger partial charge in [-0.1, -0.05) is 17.3 Å². The van der Waals surface area contributed by atoms with Crippen molar-refractivity contribution >= 4 is 5.91 Å². The number of aromatic nitrogens is 2. The lowest BCUT2D eigenvalue weighted by molar-refractivity contribution is -0.121. The molecule has 6 nitrogen and oxygen atoms in total. The molecule has 2 aromatic carbocycles. The van der Waals surface area contributed by atoms with Gasteiger partial charge in [0.05, 0.1) is 12.6 Å². The summed E-state index contributed by atoms with van der Waals surface area (Å²) in [6.07, 6.45) is 0.558. The summed E-state index contributed by atoms with van der Waals surface area (Å²) in [7, 11) is 0. The van der Waals surface area contributed by atoms with E-state index in [0.717, 1.165) is 16.9 Å². The van der Waals surface area contributed by atoms with E-state index in [4.69, 9.17) is 9.26 Å². The molecule has 0 saturated carbocycles. The standard InChI is InChI=1S/C21H22FN3O3/c1-3-27-18-10-6-16(7-11-18)21-24-20(28-25-21)13-12-19(26)23-14(2)15-4-8-17(22)9-5-15/h4-11,14H,3,12-13H2,1-2H3,(H,23,26). The Morgan fingerprint density at radius 2 is 1.89 bits per heavy atom. The Kier molecular flexibility index (Phi) is 6.37. The smallest absolute Gasteiger partial charge is 0.227 e. The Morgan fingerprint density at radius 3 is 2.57 bits per heavy atom. The summed E-state index contributed by atoms with van der Waals surface area (Å²) < 4.78 is 23.6. The molecule has 0 spiro atoms. The molecule has 0 fully saturated rings. The summed E-state index contributed by atoms with van der Waals surface area (Å²) in [6, 6.07) is 13.3. The minimum absolute atomic E-state index is 0.141. The molecule has 1 amide bonds. The molecule has 1 atom stereocenters.